The number of rotatable bonds is 6. The van der Waals surface area contributed by atoms with Crippen LogP contribution in [0.3, 0.4) is 0 Å². The summed E-state index contributed by atoms with van der Waals surface area (Å²) in [6.45, 7) is 12.5. The summed E-state index contributed by atoms with van der Waals surface area (Å²) in [7, 11) is 4.32. The van der Waals surface area contributed by atoms with Crippen molar-refractivity contribution in [1.29, 1.82) is 0 Å². The van der Waals surface area contributed by atoms with Crippen LogP contribution < -0.4 is 5.73 Å². The van der Waals surface area contributed by atoms with Gasteiger partial charge in [-0.2, -0.15) is 0 Å². The largest absolute Gasteiger partial charge is 0.329 e. The molecule has 1 aliphatic carbocycles. The van der Waals surface area contributed by atoms with E-state index in [2.05, 4.69) is 51.6 Å². The first-order valence-electron chi connectivity index (χ1n) is 8.00. The molecule has 0 aromatic carbocycles. The van der Waals surface area contributed by atoms with Crippen LogP contribution in [0, 0.1) is 11.8 Å². The lowest BCUT2D eigenvalue weighted by Crippen LogP contribution is -2.64. The third-order valence-electron chi connectivity index (χ3n) is 5.40. The van der Waals surface area contributed by atoms with Crippen molar-refractivity contribution >= 4 is 0 Å². The Hall–Kier alpha value is -0.120. The quantitative estimate of drug-likeness (QED) is 0.804. The van der Waals surface area contributed by atoms with Crippen LogP contribution in [0.15, 0.2) is 0 Å². The number of nitrogens with zero attached hydrogens (tertiary/aromatic N) is 2. The van der Waals surface area contributed by atoms with Crippen LogP contribution in [0.25, 0.3) is 0 Å². The highest BCUT2D eigenvalue weighted by atomic mass is 15.3. The van der Waals surface area contributed by atoms with Crippen molar-refractivity contribution in [3.63, 3.8) is 0 Å². The van der Waals surface area contributed by atoms with Crippen molar-refractivity contribution in [2.24, 2.45) is 17.6 Å². The van der Waals surface area contributed by atoms with Crippen molar-refractivity contribution in [2.75, 3.05) is 33.7 Å². The molecule has 114 valence electrons. The summed E-state index contributed by atoms with van der Waals surface area (Å²) in [5.41, 5.74) is 6.49. The Balaban J connectivity index is 2.95. The Labute approximate surface area is 120 Å². The lowest BCUT2D eigenvalue weighted by atomic mass is 9.67. The normalized spacial score (nSPS) is 33.9. The lowest BCUT2D eigenvalue weighted by molar-refractivity contribution is -0.0354. The molecule has 4 atom stereocenters. The molecule has 19 heavy (non-hydrogen) atoms. The third kappa shape index (κ3) is 3.50. The molecule has 1 fully saturated rings. The monoisotopic (exact) mass is 269 g/mol. The Morgan fingerprint density at radius 1 is 1.32 bits per heavy atom. The molecule has 0 heterocycles. The summed E-state index contributed by atoms with van der Waals surface area (Å²) in [5, 5.41) is 0. The minimum absolute atomic E-state index is 0.210. The second kappa shape index (κ2) is 7.05. The molecule has 0 saturated heterocycles. The highest BCUT2D eigenvalue weighted by Gasteiger charge is 2.45. The Kier molecular flexibility index (Phi) is 6.28. The minimum atomic E-state index is 0.210. The predicted octanol–water partition coefficient (Wildman–Crippen LogP) is 2.41. The molecule has 4 unspecified atom stereocenters. The van der Waals surface area contributed by atoms with E-state index in [9.17, 15) is 0 Å². The van der Waals surface area contributed by atoms with Gasteiger partial charge < -0.3 is 10.6 Å². The van der Waals surface area contributed by atoms with Gasteiger partial charge in [0.1, 0.15) is 0 Å². The lowest BCUT2D eigenvalue weighted by Gasteiger charge is -2.54. The molecule has 0 bridgehead atoms. The molecule has 0 amide bonds. The van der Waals surface area contributed by atoms with E-state index in [1.165, 1.54) is 19.3 Å². The van der Waals surface area contributed by atoms with Gasteiger partial charge in [-0.1, -0.05) is 33.6 Å². The van der Waals surface area contributed by atoms with Gasteiger partial charge in [0.15, 0.2) is 0 Å². The zero-order chi connectivity index (χ0) is 14.6. The highest BCUT2D eigenvalue weighted by molar-refractivity contribution is 5.01. The SMILES string of the molecule is CCN(C(C)CN(C)C)C1(CN)CCCC(C)C1C. The molecule has 3 heteroatoms. The van der Waals surface area contributed by atoms with Crippen LogP contribution >= 0.6 is 0 Å². The first-order chi connectivity index (χ1) is 8.89. The average molecular weight is 269 g/mol. The number of hydrogen-bond donors (Lipinski definition) is 1. The fraction of sp³-hybridized carbons (Fsp3) is 1.00. The van der Waals surface area contributed by atoms with Crippen molar-refractivity contribution < 1.29 is 0 Å². The van der Waals surface area contributed by atoms with Gasteiger partial charge in [0.2, 0.25) is 0 Å². The van der Waals surface area contributed by atoms with Crippen molar-refractivity contribution in [1.82, 2.24) is 9.80 Å². The molecule has 1 saturated carbocycles. The van der Waals surface area contributed by atoms with Crippen LogP contribution in [0.2, 0.25) is 0 Å². The van der Waals surface area contributed by atoms with Gasteiger partial charge >= 0.3 is 0 Å². The number of nitrogens with two attached hydrogens (primary N) is 1. The maximum absolute atomic E-state index is 6.28. The fourth-order valence-electron chi connectivity index (χ4n) is 4.24. The maximum atomic E-state index is 6.28. The third-order valence-corrected chi connectivity index (χ3v) is 5.40. The van der Waals surface area contributed by atoms with E-state index in [0.29, 0.717) is 12.0 Å². The maximum Gasteiger partial charge on any atom is 0.0362 e. The topological polar surface area (TPSA) is 32.5 Å². The fourth-order valence-corrected chi connectivity index (χ4v) is 4.24. The zero-order valence-electron chi connectivity index (χ0n) is 13.9. The van der Waals surface area contributed by atoms with Crippen LogP contribution in [-0.2, 0) is 0 Å². The summed E-state index contributed by atoms with van der Waals surface area (Å²) in [6.07, 6.45) is 3.96. The van der Waals surface area contributed by atoms with Crippen molar-refractivity contribution in [3.8, 4) is 0 Å². The van der Waals surface area contributed by atoms with E-state index in [1.54, 1.807) is 0 Å². The molecular weight excluding hydrogens is 234 g/mol. The Morgan fingerprint density at radius 2 is 1.95 bits per heavy atom. The Morgan fingerprint density at radius 3 is 2.42 bits per heavy atom. The summed E-state index contributed by atoms with van der Waals surface area (Å²) in [5.74, 6) is 1.48. The van der Waals surface area contributed by atoms with Crippen LogP contribution in [0.4, 0.5) is 0 Å². The average Bonchev–Trinajstić information content (AvgIpc) is 2.34. The molecule has 3 nitrogen and oxygen atoms in total. The second-order valence-corrected chi connectivity index (χ2v) is 6.86. The standard InChI is InChI=1S/C16H35N3/c1-7-19(14(3)11-18(5)6)16(12-17)10-8-9-13(2)15(16)4/h13-15H,7-12,17H2,1-6H3. The van der Waals surface area contributed by atoms with Crippen LogP contribution in [-0.4, -0.2) is 55.1 Å². The van der Waals surface area contributed by atoms with Gasteiger partial charge in [-0.15, -0.1) is 0 Å². The smallest absolute Gasteiger partial charge is 0.0362 e. The predicted molar refractivity (Wildman–Crippen MR) is 84.4 cm³/mol. The van der Waals surface area contributed by atoms with E-state index in [-0.39, 0.29) is 5.54 Å². The van der Waals surface area contributed by atoms with Gasteiger partial charge in [0, 0.05) is 24.7 Å². The van der Waals surface area contributed by atoms with Gasteiger partial charge in [-0.05, 0) is 45.8 Å². The van der Waals surface area contributed by atoms with E-state index in [0.717, 1.165) is 25.6 Å². The van der Waals surface area contributed by atoms with Crippen LogP contribution in [0.1, 0.15) is 47.0 Å². The zero-order valence-corrected chi connectivity index (χ0v) is 13.9. The van der Waals surface area contributed by atoms with Gasteiger partial charge in [-0.3, -0.25) is 4.90 Å². The molecule has 1 rings (SSSR count). The molecule has 1 aliphatic rings. The van der Waals surface area contributed by atoms with E-state index in [4.69, 9.17) is 5.73 Å². The Bertz CT molecular complexity index is 267. The molecule has 0 aromatic heterocycles. The number of likely N-dealkylation sites (N-methyl/N-ethyl adjacent to an activating group) is 2. The first kappa shape index (κ1) is 16.9. The highest BCUT2D eigenvalue weighted by Crippen LogP contribution is 2.41. The van der Waals surface area contributed by atoms with Crippen molar-refractivity contribution in [2.45, 2.75) is 58.5 Å². The number of hydrogen-bond acceptors (Lipinski definition) is 3. The molecule has 0 aliphatic heterocycles. The van der Waals surface area contributed by atoms with Crippen LogP contribution in [0.5, 0.6) is 0 Å². The van der Waals surface area contributed by atoms with Gasteiger partial charge in [0.25, 0.3) is 0 Å². The first-order valence-corrected chi connectivity index (χ1v) is 8.00. The summed E-state index contributed by atoms with van der Waals surface area (Å²) >= 11 is 0. The summed E-state index contributed by atoms with van der Waals surface area (Å²) in [6, 6.07) is 0.566. The minimum Gasteiger partial charge on any atom is -0.329 e. The van der Waals surface area contributed by atoms with Gasteiger partial charge in [0.05, 0.1) is 0 Å². The van der Waals surface area contributed by atoms with Crippen molar-refractivity contribution in [3.05, 3.63) is 0 Å². The molecule has 0 spiro atoms. The summed E-state index contributed by atoms with van der Waals surface area (Å²) < 4.78 is 0. The molecule has 0 radical (unpaired) electrons. The van der Waals surface area contributed by atoms with Gasteiger partial charge in [-0.25, -0.2) is 0 Å². The van der Waals surface area contributed by atoms with E-state index in [1.807, 2.05) is 0 Å². The second-order valence-electron chi connectivity index (χ2n) is 6.86. The molecule has 0 aromatic rings. The van der Waals surface area contributed by atoms with E-state index < -0.39 is 0 Å². The summed E-state index contributed by atoms with van der Waals surface area (Å²) in [4.78, 5) is 4.97. The molecular formula is C16H35N3. The van der Waals surface area contributed by atoms with E-state index >= 15 is 0 Å². The molecule has 2 N–H and O–H groups in total.